The summed E-state index contributed by atoms with van der Waals surface area (Å²) in [4.78, 5) is 37.4. The third-order valence-corrected chi connectivity index (χ3v) is 3.82. The monoisotopic (exact) mass is 284 g/mol. The van der Waals surface area contributed by atoms with Gasteiger partial charge in [-0.1, -0.05) is 13.8 Å². The number of esters is 1. The maximum atomic E-state index is 12.7. The zero-order valence-electron chi connectivity index (χ0n) is 12.9. The van der Waals surface area contributed by atoms with E-state index in [0.717, 1.165) is 6.42 Å². The Morgan fingerprint density at radius 2 is 1.90 bits per heavy atom. The second-order valence-corrected chi connectivity index (χ2v) is 5.78. The molecule has 0 radical (unpaired) electrons. The molecule has 0 bridgehead atoms. The van der Waals surface area contributed by atoms with E-state index >= 15 is 0 Å². The quantitative estimate of drug-likeness (QED) is 0.771. The summed E-state index contributed by atoms with van der Waals surface area (Å²) in [6.45, 7) is 7.34. The average Bonchev–Trinajstić information content (AvgIpc) is 2.77. The molecular formula is C14H24N2O4. The highest BCUT2D eigenvalue weighted by Crippen LogP contribution is 2.31. The van der Waals surface area contributed by atoms with Crippen LogP contribution >= 0.6 is 0 Å². The molecule has 6 heteroatoms. The third kappa shape index (κ3) is 3.11. The summed E-state index contributed by atoms with van der Waals surface area (Å²) in [5, 5.41) is 2.67. The molecule has 2 amide bonds. The molecule has 0 unspecified atom stereocenters. The van der Waals surface area contributed by atoms with Gasteiger partial charge in [0.05, 0.1) is 7.11 Å². The summed E-state index contributed by atoms with van der Waals surface area (Å²) in [6, 6.07) is -0.616. The minimum atomic E-state index is -0.933. The van der Waals surface area contributed by atoms with E-state index in [9.17, 15) is 14.4 Å². The summed E-state index contributed by atoms with van der Waals surface area (Å²) in [6.07, 6.45) is 1.33. The predicted octanol–water partition coefficient (Wildman–Crippen LogP) is 0.701. The molecular weight excluding hydrogens is 260 g/mol. The van der Waals surface area contributed by atoms with Crippen LogP contribution in [0.15, 0.2) is 0 Å². The van der Waals surface area contributed by atoms with Gasteiger partial charge in [-0.3, -0.25) is 9.59 Å². The normalized spacial score (nSPS) is 23.6. The zero-order valence-corrected chi connectivity index (χ0v) is 12.9. The van der Waals surface area contributed by atoms with Crippen LogP contribution in [0.2, 0.25) is 0 Å². The zero-order chi connectivity index (χ0) is 15.5. The lowest BCUT2D eigenvalue weighted by atomic mass is 9.96. The Kier molecular flexibility index (Phi) is 5.14. The summed E-state index contributed by atoms with van der Waals surface area (Å²) in [5.74, 6) is -0.931. The Labute approximate surface area is 119 Å². The van der Waals surface area contributed by atoms with Crippen molar-refractivity contribution in [1.82, 2.24) is 10.2 Å². The first-order valence-electron chi connectivity index (χ1n) is 6.91. The van der Waals surface area contributed by atoms with Gasteiger partial charge >= 0.3 is 5.97 Å². The van der Waals surface area contributed by atoms with E-state index in [-0.39, 0.29) is 17.7 Å². The van der Waals surface area contributed by atoms with Gasteiger partial charge in [0.2, 0.25) is 11.8 Å². The van der Waals surface area contributed by atoms with Gasteiger partial charge in [-0.15, -0.1) is 0 Å². The maximum Gasteiger partial charge on any atom is 0.331 e. The molecule has 1 N–H and O–H groups in total. The number of rotatable bonds is 4. The third-order valence-electron chi connectivity index (χ3n) is 3.82. The number of hydrogen-bond acceptors (Lipinski definition) is 4. The minimum absolute atomic E-state index is 0.0473. The fourth-order valence-corrected chi connectivity index (χ4v) is 2.65. The molecule has 0 saturated carbocycles. The molecule has 0 spiro atoms. The van der Waals surface area contributed by atoms with Gasteiger partial charge in [-0.25, -0.2) is 4.79 Å². The van der Waals surface area contributed by atoms with Crippen molar-refractivity contribution in [2.75, 3.05) is 13.7 Å². The Morgan fingerprint density at radius 1 is 1.30 bits per heavy atom. The fraction of sp³-hybridized carbons (Fsp3) is 0.786. The van der Waals surface area contributed by atoms with Crippen LogP contribution in [0.1, 0.15) is 40.5 Å². The van der Waals surface area contributed by atoms with E-state index in [1.807, 2.05) is 13.8 Å². The predicted molar refractivity (Wildman–Crippen MR) is 73.8 cm³/mol. The SMILES string of the molecule is COC(=O)[C@]1(C)CCCN1C(=O)[C@@H](NC(C)=O)C(C)C. The molecule has 1 fully saturated rings. The second kappa shape index (κ2) is 6.24. The number of nitrogens with one attached hydrogen (secondary N) is 1. The first kappa shape index (κ1) is 16.5. The first-order valence-corrected chi connectivity index (χ1v) is 6.91. The lowest BCUT2D eigenvalue weighted by Crippen LogP contribution is -2.58. The molecule has 1 aliphatic rings. The van der Waals surface area contributed by atoms with Crippen LogP contribution in [0.5, 0.6) is 0 Å². The first-order chi connectivity index (χ1) is 9.24. The van der Waals surface area contributed by atoms with Crippen LogP contribution in [0.25, 0.3) is 0 Å². The van der Waals surface area contributed by atoms with E-state index in [4.69, 9.17) is 4.74 Å². The van der Waals surface area contributed by atoms with Crippen LogP contribution in [0.3, 0.4) is 0 Å². The highest BCUT2D eigenvalue weighted by Gasteiger charge is 2.48. The topological polar surface area (TPSA) is 75.7 Å². The highest BCUT2D eigenvalue weighted by atomic mass is 16.5. The van der Waals surface area contributed by atoms with Crippen LogP contribution < -0.4 is 5.32 Å². The molecule has 1 rings (SSSR count). The largest absolute Gasteiger partial charge is 0.467 e. The minimum Gasteiger partial charge on any atom is -0.467 e. The lowest BCUT2D eigenvalue weighted by Gasteiger charge is -2.36. The van der Waals surface area contributed by atoms with Crippen molar-refractivity contribution in [3.05, 3.63) is 0 Å². The van der Waals surface area contributed by atoms with Crippen molar-refractivity contribution in [2.45, 2.75) is 52.1 Å². The number of carbonyl (C=O) groups is 3. The summed E-state index contributed by atoms with van der Waals surface area (Å²) < 4.78 is 4.82. The van der Waals surface area contributed by atoms with Crippen LogP contribution in [0, 0.1) is 5.92 Å². The van der Waals surface area contributed by atoms with Crippen molar-refractivity contribution >= 4 is 17.8 Å². The average molecular weight is 284 g/mol. The molecule has 2 atom stereocenters. The highest BCUT2D eigenvalue weighted by molar-refractivity contribution is 5.92. The van der Waals surface area contributed by atoms with E-state index < -0.39 is 17.6 Å². The van der Waals surface area contributed by atoms with Crippen molar-refractivity contribution < 1.29 is 19.1 Å². The van der Waals surface area contributed by atoms with Crippen LogP contribution in [-0.2, 0) is 19.1 Å². The van der Waals surface area contributed by atoms with Gasteiger partial charge in [0.15, 0.2) is 0 Å². The van der Waals surface area contributed by atoms with E-state index in [2.05, 4.69) is 5.32 Å². The second-order valence-electron chi connectivity index (χ2n) is 5.78. The number of likely N-dealkylation sites (tertiary alicyclic amines) is 1. The molecule has 0 aromatic rings. The van der Waals surface area contributed by atoms with Crippen LogP contribution in [-0.4, -0.2) is 47.9 Å². The number of ether oxygens (including phenoxy) is 1. The number of methoxy groups -OCH3 is 1. The standard InChI is InChI=1S/C14H24N2O4/c1-9(2)11(15-10(3)17)12(18)16-8-6-7-14(16,4)13(19)20-5/h9,11H,6-8H2,1-5H3,(H,15,17)/t11-,14-/m0/s1. The van der Waals surface area contributed by atoms with Gasteiger partial charge in [-0.05, 0) is 25.7 Å². The van der Waals surface area contributed by atoms with Crippen molar-refractivity contribution in [1.29, 1.82) is 0 Å². The van der Waals surface area contributed by atoms with Gasteiger partial charge < -0.3 is 15.0 Å². The Hall–Kier alpha value is -1.59. The summed E-state index contributed by atoms with van der Waals surface area (Å²) in [5.41, 5.74) is -0.933. The van der Waals surface area contributed by atoms with Crippen molar-refractivity contribution in [2.24, 2.45) is 5.92 Å². The molecule has 20 heavy (non-hydrogen) atoms. The summed E-state index contributed by atoms with van der Waals surface area (Å²) >= 11 is 0. The maximum absolute atomic E-state index is 12.7. The fourth-order valence-electron chi connectivity index (χ4n) is 2.65. The number of hydrogen-bond donors (Lipinski definition) is 1. The lowest BCUT2D eigenvalue weighted by molar-refractivity contribution is -0.159. The Bertz CT molecular complexity index is 408. The molecule has 114 valence electrons. The van der Waals surface area contributed by atoms with Crippen molar-refractivity contribution in [3.8, 4) is 0 Å². The summed E-state index contributed by atoms with van der Waals surface area (Å²) in [7, 11) is 1.32. The number of nitrogens with zero attached hydrogens (tertiary/aromatic N) is 1. The molecule has 0 aromatic heterocycles. The van der Waals surface area contributed by atoms with Gasteiger partial charge in [0.1, 0.15) is 11.6 Å². The van der Waals surface area contributed by atoms with E-state index in [1.54, 1.807) is 11.8 Å². The molecule has 1 heterocycles. The Balaban J connectivity index is 2.98. The number of carbonyl (C=O) groups excluding carboxylic acids is 3. The van der Waals surface area contributed by atoms with E-state index in [0.29, 0.717) is 13.0 Å². The van der Waals surface area contributed by atoms with Gasteiger partial charge in [-0.2, -0.15) is 0 Å². The van der Waals surface area contributed by atoms with E-state index in [1.165, 1.54) is 14.0 Å². The Morgan fingerprint density at radius 3 is 2.35 bits per heavy atom. The molecule has 1 aliphatic heterocycles. The molecule has 0 aliphatic carbocycles. The molecule has 1 saturated heterocycles. The number of amides is 2. The van der Waals surface area contributed by atoms with Crippen LogP contribution in [0.4, 0.5) is 0 Å². The van der Waals surface area contributed by atoms with Gasteiger partial charge in [0, 0.05) is 13.5 Å². The smallest absolute Gasteiger partial charge is 0.331 e. The molecule has 6 nitrogen and oxygen atoms in total. The van der Waals surface area contributed by atoms with Crippen molar-refractivity contribution in [3.63, 3.8) is 0 Å². The van der Waals surface area contributed by atoms with Gasteiger partial charge in [0.25, 0.3) is 0 Å². The molecule has 0 aromatic carbocycles.